The number of aryl methyl sites for hydroxylation is 1. The van der Waals surface area contributed by atoms with Crippen LogP contribution in [0.15, 0.2) is 30.6 Å². The molecule has 2 aromatic rings. The van der Waals surface area contributed by atoms with Crippen molar-refractivity contribution in [2.75, 3.05) is 11.4 Å². The van der Waals surface area contributed by atoms with Crippen LogP contribution >= 0.6 is 0 Å². The highest BCUT2D eigenvalue weighted by Crippen LogP contribution is 2.26. The third-order valence-corrected chi connectivity index (χ3v) is 3.35. The van der Waals surface area contributed by atoms with E-state index in [1.54, 1.807) is 0 Å². The number of benzene rings is 1. The van der Waals surface area contributed by atoms with Gasteiger partial charge in [0, 0.05) is 24.6 Å². The van der Waals surface area contributed by atoms with Gasteiger partial charge in [0.25, 0.3) is 0 Å². The fourth-order valence-corrected chi connectivity index (χ4v) is 2.53. The lowest BCUT2D eigenvalue weighted by atomic mass is 9.90. The Hall–Kier alpha value is -1.71. The van der Waals surface area contributed by atoms with Crippen LogP contribution in [0.4, 0.5) is 5.69 Å². The van der Waals surface area contributed by atoms with E-state index in [0.29, 0.717) is 0 Å². The SMILES string of the molecule is Bc1ccc2c(c1)CCCN2Cc1ncc[nH]1. The maximum atomic E-state index is 4.30. The lowest BCUT2D eigenvalue weighted by molar-refractivity contribution is 0.678. The van der Waals surface area contributed by atoms with Gasteiger partial charge in [-0.1, -0.05) is 17.6 Å². The van der Waals surface area contributed by atoms with Gasteiger partial charge >= 0.3 is 0 Å². The molecule has 0 atom stereocenters. The normalized spacial score (nSPS) is 14.7. The zero-order valence-electron chi connectivity index (χ0n) is 10.1. The van der Waals surface area contributed by atoms with Gasteiger partial charge in [-0.3, -0.25) is 0 Å². The minimum atomic E-state index is 0.878. The molecule has 0 aliphatic carbocycles. The zero-order chi connectivity index (χ0) is 11.7. The molecule has 3 rings (SSSR count). The van der Waals surface area contributed by atoms with Crippen molar-refractivity contribution < 1.29 is 0 Å². The fraction of sp³-hybridized carbons (Fsp3) is 0.308. The monoisotopic (exact) mass is 225 g/mol. The number of hydrogen-bond acceptors (Lipinski definition) is 2. The van der Waals surface area contributed by atoms with Crippen molar-refractivity contribution in [1.82, 2.24) is 9.97 Å². The maximum absolute atomic E-state index is 4.30. The number of anilines is 1. The Morgan fingerprint density at radius 3 is 3.18 bits per heavy atom. The van der Waals surface area contributed by atoms with Crippen LogP contribution in [0.1, 0.15) is 17.8 Å². The van der Waals surface area contributed by atoms with Crippen molar-refractivity contribution in [1.29, 1.82) is 0 Å². The van der Waals surface area contributed by atoms with Crippen LogP contribution in [0.5, 0.6) is 0 Å². The van der Waals surface area contributed by atoms with Crippen LogP contribution in [0.2, 0.25) is 0 Å². The van der Waals surface area contributed by atoms with E-state index in [9.17, 15) is 0 Å². The van der Waals surface area contributed by atoms with E-state index in [4.69, 9.17) is 0 Å². The molecular formula is C13H16BN3. The predicted molar refractivity (Wildman–Crippen MR) is 72.6 cm³/mol. The van der Waals surface area contributed by atoms with Crippen LogP contribution in [-0.4, -0.2) is 24.4 Å². The quantitative estimate of drug-likeness (QED) is 0.760. The summed E-state index contributed by atoms with van der Waals surface area (Å²) in [7, 11) is 2.16. The molecule has 3 nitrogen and oxygen atoms in total. The van der Waals surface area contributed by atoms with Crippen molar-refractivity contribution in [3.8, 4) is 0 Å². The summed E-state index contributed by atoms with van der Waals surface area (Å²) in [6.07, 6.45) is 6.13. The summed E-state index contributed by atoms with van der Waals surface area (Å²) in [6, 6.07) is 6.75. The number of aromatic nitrogens is 2. The summed E-state index contributed by atoms with van der Waals surface area (Å²) >= 11 is 0. The van der Waals surface area contributed by atoms with Crippen LogP contribution in [-0.2, 0) is 13.0 Å². The van der Waals surface area contributed by atoms with Crippen LogP contribution in [0.3, 0.4) is 0 Å². The maximum Gasteiger partial charge on any atom is 0.139 e. The van der Waals surface area contributed by atoms with Gasteiger partial charge in [0.2, 0.25) is 0 Å². The molecule has 1 aromatic carbocycles. The zero-order valence-corrected chi connectivity index (χ0v) is 10.1. The molecule has 0 saturated carbocycles. The first-order valence-corrected chi connectivity index (χ1v) is 6.16. The Kier molecular flexibility index (Phi) is 2.63. The molecule has 0 amide bonds. The predicted octanol–water partition coefficient (Wildman–Crippen LogP) is 0.621. The first-order valence-electron chi connectivity index (χ1n) is 6.16. The van der Waals surface area contributed by atoms with E-state index in [2.05, 4.69) is 40.9 Å². The average Bonchev–Trinajstić information content (AvgIpc) is 2.82. The Morgan fingerprint density at radius 2 is 2.35 bits per heavy atom. The molecule has 0 bridgehead atoms. The van der Waals surface area contributed by atoms with Gasteiger partial charge in [0.1, 0.15) is 13.7 Å². The highest BCUT2D eigenvalue weighted by Gasteiger charge is 2.17. The lowest BCUT2D eigenvalue weighted by Gasteiger charge is -2.30. The lowest BCUT2D eigenvalue weighted by Crippen LogP contribution is -2.30. The third-order valence-electron chi connectivity index (χ3n) is 3.35. The van der Waals surface area contributed by atoms with E-state index in [1.807, 2.05) is 12.4 Å². The van der Waals surface area contributed by atoms with Crippen molar-refractivity contribution >= 4 is 19.0 Å². The Bertz CT molecular complexity index is 507. The van der Waals surface area contributed by atoms with Crippen molar-refractivity contribution in [3.05, 3.63) is 42.0 Å². The van der Waals surface area contributed by atoms with Gasteiger partial charge in [-0.2, -0.15) is 0 Å². The number of fused-ring (bicyclic) bond motifs is 1. The van der Waals surface area contributed by atoms with Crippen molar-refractivity contribution in [2.24, 2.45) is 0 Å². The van der Waals surface area contributed by atoms with E-state index < -0.39 is 0 Å². The van der Waals surface area contributed by atoms with Gasteiger partial charge in [0.05, 0.1) is 6.54 Å². The molecule has 4 heteroatoms. The van der Waals surface area contributed by atoms with E-state index in [0.717, 1.165) is 18.9 Å². The van der Waals surface area contributed by atoms with Gasteiger partial charge < -0.3 is 9.88 Å². The van der Waals surface area contributed by atoms with Gasteiger partial charge in [-0.05, 0) is 24.5 Å². The highest BCUT2D eigenvalue weighted by molar-refractivity contribution is 6.32. The smallest absolute Gasteiger partial charge is 0.139 e. The molecule has 1 aliphatic rings. The summed E-state index contributed by atoms with van der Waals surface area (Å²) < 4.78 is 0. The summed E-state index contributed by atoms with van der Waals surface area (Å²) in [5.74, 6) is 1.04. The number of rotatable bonds is 2. The number of nitrogens with zero attached hydrogens (tertiary/aromatic N) is 2. The summed E-state index contributed by atoms with van der Waals surface area (Å²) in [5, 5.41) is 0. The molecule has 86 valence electrons. The third kappa shape index (κ3) is 2.07. The van der Waals surface area contributed by atoms with Gasteiger partial charge in [-0.15, -0.1) is 0 Å². The molecule has 0 saturated heterocycles. The number of nitrogens with one attached hydrogen (secondary N) is 1. The highest BCUT2D eigenvalue weighted by atomic mass is 15.2. The van der Waals surface area contributed by atoms with E-state index in [-0.39, 0.29) is 0 Å². The number of aromatic amines is 1. The van der Waals surface area contributed by atoms with Gasteiger partial charge in [-0.25, -0.2) is 4.98 Å². The molecule has 1 N–H and O–H groups in total. The van der Waals surface area contributed by atoms with E-state index >= 15 is 0 Å². The van der Waals surface area contributed by atoms with Crippen LogP contribution in [0, 0.1) is 0 Å². The molecule has 0 spiro atoms. The summed E-state index contributed by atoms with van der Waals surface area (Å²) in [6.45, 7) is 2.00. The second kappa shape index (κ2) is 4.28. The first-order chi connectivity index (χ1) is 8.33. The Labute approximate surface area is 102 Å². The summed E-state index contributed by atoms with van der Waals surface area (Å²) in [5.41, 5.74) is 4.20. The Morgan fingerprint density at radius 1 is 1.41 bits per heavy atom. The molecule has 0 fully saturated rings. The fourth-order valence-electron chi connectivity index (χ4n) is 2.53. The summed E-state index contributed by atoms with van der Waals surface area (Å²) in [4.78, 5) is 9.89. The second-order valence-electron chi connectivity index (χ2n) is 4.69. The molecule has 0 radical (unpaired) electrons. The minimum absolute atomic E-state index is 0.878. The van der Waals surface area contributed by atoms with E-state index in [1.165, 1.54) is 29.6 Å². The number of H-pyrrole nitrogens is 1. The molecule has 17 heavy (non-hydrogen) atoms. The molecule has 0 unspecified atom stereocenters. The Balaban J connectivity index is 1.89. The number of hydrogen-bond donors (Lipinski definition) is 1. The standard InChI is InChI=1S/C13H16BN3/c14-11-3-4-12-10(8-11)2-1-7-17(12)9-13-15-5-6-16-13/h3-6,8H,1-2,7,9,14H2,(H,15,16). The molecule has 2 heterocycles. The van der Waals surface area contributed by atoms with Crippen molar-refractivity contribution in [2.45, 2.75) is 19.4 Å². The second-order valence-corrected chi connectivity index (χ2v) is 4.69. The molecule has 1 aromatic heterocycles. The van der Waals surface area contributed by atoms with Gasteiger partial charge in [0.15, 0.2) is 0 Å². The topological polar surface area (TPSA) is 31.9 Å². The molecular weight excluding hydrogens is 209 g/mol. The van der Waals surface area contributed by atoms with Crippen LogP contribution < -0.4 is 10.4 Å². The number of imidazole rings is 1. The average molecular weight is 225 g/mol. The minimum Gasteiger partial charge on any atom is -0.364 e. The first kappa shape index (κ1) is 10.4. The van der Waals surface area contributed by atoms with Crippen LogP contribution in [0.25, 0.3) is 0 Å². The molecule has 1 aliphatic heterocycles. The van der Waals surface area contributed by atoms with Crippen molar-refractivity contribution in [3.63, 3.8) is 0 Å². The largest absolute Gasteiger partial charge is 0.364 e.